The maximum Gasteiger partial charge on any atom is 0.248 e. The summed E-state index contributed by atoms with van der Waals surface area (Å²) in [5.41, 5.74) is 1.96. The maximum atomic E-state index is 11.9. The van der Waals surface area contributed by atoms with Crippen molar-refractivity contribution in [3.63, 3.8) is 0 Å². The average Bonchev–Trinajstić information content (AvgIpc) is 3.00. The maximum absolute atomic E-state index is 11.9. The summed E-state index contributed by atoms with van der Waals surface area (Å²) < 4.78 is 11.9. The molecule has 0 aliphatic heterocycles. The molecule has 0 bridgehead atoms. The largest absolute Gasteiger partial charge is 0.382 e. The lowest BCUT2D eigenvalue weighted by atomic mass is 10.3. The van der Waals surface area contributed by atoms with Crippen LogP contribution in [0.5, 0.6) is 0 Å². The summed E-state index contributed by atoms with van der Waals surface area (Å²) in [6.45, 7) is 1.47. The first-order valence-corrected chi connectivity index (χ1v) is 7.10. The van der Waals surface area contributed by atoms with Gasteiger partial charge in [0, 0.05) is 32.5 Å². The Hall–Kier alpha value is -2.18. The fourth-order valence-corrected chi connectivity index (χ4v) is 1.94. The predicted molar refractivity (Wildman–Crippen MR) is 82.7 cm³/mol. The minimum Gasteiger partial charge on any atom is -0.382 e. The Balaban J connectivity index is 1.85. The molecule has 118 valence electrons. The topological polar surface area (TPSA) is 56.6 Å². The third-order valence-electron chi connectivity index (χ3n) is 3.16. The second-order valence-electron chi connectivity index (χ2n) is 4.92. The molecule has 0 unspecified atom stereocenters. The second-order valence-corrected chi connectivity index (χ2v) is 4.92. The van der Waals surface area contributed by atoms with Gasteiger partial charge in [-0.1, -0.05) is 18.2 Å². The summed E-state index contributed by atoms with van der Waals surface area (Å²) in [6, 6.07) is 9.85. The number of methoxy groups -OCH3 is 1. The van der Waals surface area contributed by atoms with Gasteiger partial charge < -0.3 is 14.4 Å². The molecule has 0 spiro atoms. The first kappa shape index (κ1) is 16.2. The van der Waals surface area contributed by atoms with Crippen LogP contribution in [0, 0.1) is 0 Å². The number of carbonyl (C=O) groups excluding carboxylic acids is 1. The van der Waals surface area contributed by atoms with E-state index in [2.05, 4.69) is 5.10 Å². The van der Waals surface area contributed by atoms with Crippen LogP contribution in [0.2, 0.25) is 0 Å². The summed E-state index contributed by atoms with van der Waals surface area (Å²) in [4.78, 5) is 13.5. The van der Waals surface area contributed by atoms with E-state index in [-0.39, 0.29) is 12.5 Å². The molecule has 0 aliphatic carbocycles. The number of hydrogen-bond donors (Lipinski definition) is 0. The smallest absolute Gasteiger partial charge is 0.248 e. The van der Waals surface area contributed by atoms with Gasteiger partial charge in [0.15, 0.2) is 0 Å². The van der Waals surface area contributed by atoms with E-state index in [1.54, 1.807) is 29.9 Å². The fraction of sp³-hybridized carbons (Fsp3) is 0.375. The number of amides is 1. The SMILES string of the molecule is COCCOCC(=O)N(C)Cc1cnn(-c2ccccc2)c1. The van der Waals surface area contributed by atoms with Gasteiger partial charge in [-0.2, -0.15) is 5.10 Å². The molecule has 2 aromatic rings. The van der Waals surface area contributed by atoms with Crippen molar-refractivity contribution in [1.82, 2.24) is 14.7 Å². The van der Waals surface area contributed by atoms with Crippen molar-refractivity contribution in [2.75, 3.05) is 34.0 Å². The molecule has 0 saturated carbocycles. The van der Waals surface area contributed by atoms with Crippen molar-refractivity contribution in [3.8, 4) is 5.69 Å². The zero-order chi connectivity index (χ0) is 15.8. The molecule has 1 aromatic carbocycles. The molecule has 1 aromatic heterocycles. The van der Waals surface area contributed by atoms with Gasteiger partial charge in [0.2, 0.25) is 5.91 Å². The monoisotopic (exact) mass is 303 g/mol. The lowest BCUT2D eigenvalue weighted by Gasteiger charge is -2.16. The molecule has 0 saturated heterocycles. The highest BCUT2D eigenvalue weighted by Gasteiger charge is 2.10. The summed E-state index contributed by atoms with van der Waals surface area (Å²) in [5, 5.41) is 4.32. The minimum absolute atomic E-state index is 0.0622. The van der Waals surface area contributed by atoms with Crippen molar-refractivity contribution >= 4 is 5.91 Å². The average molecular weight is 303 g/mol. The Morgan fingerprint density at radius 3 is 2.77 bits per heavy atom. The zero-order valence-electron chi connectivity index (χ0n) is 12.9. The van der Waals surface area contributed by atoms with Crippen LogP contribution in [0.4, 0.5) is 0 Å². The van der Waals surface area contributed by atoms with Crippen LogP contribution >= 0.6 is 0 Å². The van der Waals surface area contributed by atoms with E-state index in [1.807, 2.05) is 36.5 Å². The van der Waals surface area contributed by atoms with E-state index in [0.29, 0.717) is 19.8 Å². The van der Waals surface area contributed by atoms with Gasteiger partial charge >= 0.3 is 0 Å². The number of likely N-dealkylation sites (N-methyl/N-ethyl adjacent to an activating group) is 1. The van der Waals surface area contributed by atoms with Crippen LogP contribution in [-0.4, -0.2) is 54.6 Å². The number of benzene rings is 1. The standard InChI is InChI=1S/C16H21N3O3/c1-18(16(20)13-22-9-8-21-2)11-14-10-17-19(12-14)15-6-4-3-5-7-15/h3-7,10,12H,8-9,11,13H2,1-2H3. The van der Waals surface area contributed by atoms with Gasteiger partial charge in [-0.05, 0) is 12.1 Å². The molecule has 1 heterocycles. The third-order valence-corrected chi connectivity index (χ3v) is 3.16. The van der Waals surface area contributed by atoms with Crippen LogP contribution in [0.1, 0.15) is 5.56 Å². The molecule has 0 atom stereocenters. The lowest BCUT2D eigenvalue weighted by Crippen LogP contribution is -2.30. The molecular formula is C16H21N3O3. The van der Waals surface area contributed by atoms with E-state index in [9.17, 15) is 4.79 Å². The molecule has 6 heteroatoms. The van der Waals surface area contributed by atoms with Crippen molar-refractivity contribution in [2.24, 2.45) is 0 Å². The Morgan fingerprint density at radius 2 is 2.05 bits per heavy atom. The number of hydrogen-bond acceptors (Lipinski definition) is 4. The Kier molecular flexibility index (Phi) is 6.12. The first-order chi connectivity index (χ1) is 10.7. The molecule has 1 amide bonds. The molecule has 6 nitrogen and oxygen atoms in total. The third kappa shape index (κ3) is 4.68. The molecule has 0 fully saturated rings. The van der Waals surface area contributed by atoms with Crippen molar-refractivity contribution in [2.45, 2.75) is 6.54 Å². The van der Waals surface area contributed by atoms with Gasteiger partial charge in [0.1, 0.15) is 6.61 Å². The van der Waals surface area contributed by atoms with Crippen LogP contribution in [0.3, 0.4) is 0 Å². The summed E-state index contributed by atoms with van der Waals surface area (Å²) in [7, 11) is 3.35. The van der Waals surface area contributed by atoms with Crippen molar-refractivity contribution < 1.29 is 14.3 Å². The fourth-order valence-electron chi connectivity index (χ4n) is 1.94. The molecular weight excluding hydrogens is 282 g/mol. The van der Waals surface area contributed by atoms with Crippen LogP contribution in [0.15, 0.2) is 42.7 Å². The van der Waals surface area contributed by atoms with E-state index >= 15 is 0 Å². The molecule has 22 heavy (non-hydrogen) atoms. The normalized spacial score (nSPS) is 10.6. The van der Waals surface area contributed by atoms with Gasteiger partial charge in [0.05, 0.1) is 25.1 Å². The lowest BCUT2D eigenvalue weighted by molar-refractivity contribution is -0.135. The highest BCUT2D eigenvalue weighted by atomic mass is 16.5. The highest BCUT2D eigenvalue weighted by molar-refractivity contribution is 5.77. The number of ether oxygens (including phenoxy) is 2. The van der Waals surface area contributed by atoms with E-state index < -0.39 is 0 Å². The van der Waals surface area contributed by atoms with Crippen LogP contribution in [-0.2, 0) is 20.8 Å². The number of rotatable bonds is 8. The Bertz CT molecular complexity index is 583. The second kappa shape index (κ2) is 8.31. The van der Waals surface area contributed by atoms with Crippen molar-refractivity contribution in [3.05, 3.63) is 48.3 Å². The first-order valence-electron chi connectivity index (χ1n) is 7.10. The van der Waals surface area contributed by atoms with Crippen molar-refractivity contribution in [1.29, 1.82) is 0 Å². The number of aromatic nitrogens is 2. The molecule has 2 rings (SSSR count). The number of para-hydroxylation sites is 1. The summed E-state index contributed by atoms with van der Waals surface area (Å²) in [6.07, 6.45) is 3.69. The van der Waals surface area contributed by atoms with Gasteiger partial charge in [0.25, 0.3) is 0 Å². The number of nitrogens with zero attached hydrogens (tertiary/aromatic N) is 3. The Labute approximate surface area is 130 Å². The van der Waals surface area contributed by atoms with Gasteiger partial charge in [-0.25, -0.2) is 4.68 Å². The molecule has 0 N–H and O–H groups in total. The molecule has 0 aliphatic rings. The minimum atomic E-state index is -0.0661. The summed E-state index contributed by atoms with van der Waals surface area (Å²) in [5.74, 6) is -0.0661. The number of carbonyl (C=O) groups is 1. The van der Waals surface area contributed by atoms with E-state index in [0.717, 1.165) is 11.3 Å². The van der Waals surface area contributed by atoms with E-state index in [1.165, 1.54) is 0 Å². The van der Waals surface area contributed by atoms with Crippen LogP contribution in [0.25, 0.3) is 5.69 Å². The predicted octanol–water partition coefficient (Wildman–Crippen LogP) is 1.49. The quantitative estimate of drug-likeness (QED) is 0.693. The van der Waals surface area contributed by atoms with E-state index in [4.69, 9.17) is 9.47 Å². The van der Waals surface area contributed by atoms with Gasteiger partial charge in [-0.3, -0.25) is 4.79 Å². The zero-order valence-corrected chi connectivity index (χ0v) is 12.9. The highest BCUT2D eigenvalue weighted by Crippen LogP contribution is 2.09. The Morgan fingerprint density at radius 1 is 1.27 bits per heavy atom. The van der Waals surface area contributed by atoms with Gasteiger partial charge in [-0.15, -0.1) is 0 Å². The molecule has 0 radical (unpaired) electrons. The summed E-state index contributed by atoms with van der Waals surface area (Å²) >= 11 is 0. The van der Waals surface area contributed by atoms with Crippen LogP contribution < -0.4 is 0 Å².